The van der Waals surface area contributed by atoms with Gasteiger partial charge in [-0.15, -0.1) is 0 Å². The van der Waals surface area contributed by atoms with Crippen molar-refractivity contribution in [2.24, 2.45) is 7.05 Å². The Morgan fingerprint density at radius 1 is 1.62 bits per heavy atom. The summed E-state index contributed by atoms with van der Waals surface area (Å²) in [6.45, 7) is 1.89. The zero-order valence-corrected chi connectivity index (χ0v) is 9.06. The molecule has 0 amide bonds. The second kappa shape index (κ2) is 3.67. The Bertz CT molecular complexity index is 397. The Kier molecular flexibility index (Phi) is 2.98. The Morgan fingerprint density at radius 2 is 2.23 bits per heavy atom. The highest BCUT2D eigenvalue weighted by Gasteiger charge is 2.09. The SMILES string of the molecule is Cc1cn(C)nc1CCS(=O)(=O)Cl. The molecule has 1 aromatic heterocycles. The van der Waals surface area contributed by atoms with Crippen molar-refractivity contribution in [3.63, 3.8) is 0 Å². The second-order valence-electron chi connectivity index (χ2n) is 2.93. The lowest BCUT2D eigenvalue weighted by Gasteiger charge is -1.94. The topological polar surface area (TPSA) is 52.0 Å². The van der Waals surface area contributed by atoms with Gasteiger partial charge in [0, 0.05) is 30.3 Å². The molecule has 0 fully saturated rings. The van der Waals surface area contributed by atoms with Gasteiger partial charge in [0.25, 0.3) is 0 Å². The molecule has 0 aliphatic heterocycles. The molecule has 13 heavy (non-hydrogen) atoms. The van der Waals surface area contributed by atoms with E-state index in [1.165, 1.54) is 0 Å². The van der Waals surface area contributed by atoms with E-state index in [0.29, 0.717) is 6.42 Å². The van der Waals surface area contributed by atoms with E-state index in [4.69, 9.17) is 10.7 Å². The minimum atomic E-state index is -3.41. The highest BCUT2D eigenvalue weighted by Crippen LogP contribution is 2.07. The maximum Gasteiger partial charge on any atom is 0.232 e. The van der Waals surface area contributed by atoms with Gasteiger partial charge >= 0.3 is 0 Å². The molecular formula is C7H11ClN2O2S. The summed E-state index contributed by atoms with van der Waals surface area (Å²) in [4.78, 5) is 0. The zero-order chi connectivity index (χ0) is 10.1. The van der Waals surface area contributed by atoms with Crippen LogP contribution in [0.25, 0.3) is 0 Å². The molecule has 74 valence electrons. The van der Waals surface area contributed by atoms with Gasteiger partial charge in [-0.2, -0.15) is 5.10 Å². The van der Waals surface area contributed by atoms with E-state index in [0.717, 1.165) is 11.3 Å². The normalized spacial score (nSPS) is 11.9. The molecule has 0 atom stereocenters. The predicted molar refractivity (Wildman–Crippen MR) is 51.3 cm³/mol. The first kappa shape index (κ1) is 10.5. The summed E-state index contributed by atoms with van der Waals surface area (Å²) in [6.07, 6.45) is 2.22. The number of hydrogen-bond donors (Lipinski definition) is 0. The Hall–Kier alpha value is -0.550. The third-order valence-corrected chi connectivity index (χ3v) is 2.85. The van der Waals surface area contributed by atoms with Crippen molar-refractivity contribution in [1.29, 1.82) is 0 Å². The van der Waals surface area contributed by atoms with Gasteiger partial charge in [0.1, 0.15) is 0 Å². The van der Waals surface area contributed by atoms with Gasteiger partial charge in [0.15, 0.2) is 0 Å². The fourth-order valence-electron chi connectivity index (χ4n) is 1.12. The first-order chi connectivity index (χ1) is 5.88. The number of nitrogens with zero attached hydrogens (tertiary/aromatic N) is 2. The van der Waals surface area contributed by atoms with Gasteiger partial charge in [-0.05, 0) is 12.5 Å². The van der Waals surface area contributed by atoms with Gasteiger partial charge < -0.3 is 0 Å². The summed E-state index contributed by atoms with van der Waals surface area (Å²) in [5, 5.41) is 4.11. The molecule has 6 heteroatoms. The van der Waals surface area contributed by atoms with Crippen LogP contribution in [-0.2, 0) is 22.5 Å². The number of aryl methyl sites for hydroxylation is 3. The lowest BCUT2D eigenvalue weighted by atomic mass is 10.2. The van der Waals surface area contributed by atoms with E-state index in [1.807, 2.05) is 13.1 Å². The lowest BCUT2D eigenvalue weighted by Crippen LogP contribution is -2.03. The number of aromatic nitrogens is 2. The van der Waals surface area contributed by atoms with Crippen molar-refractivity contribution in [3.05, 3.63) is 17.5 Å². The smallest absolute Gasteiger partial charge is 0.232 e. The van der Waals surface area contributed by atoms with Gasteiger partial charge in [-0.1, -0.05) is 0 Å². The minimum absolute atomic E-state index is 0.0631. The minimum Gasteiger partial charge on any atom is -0.275 e. The van der Waals surface area contributed by atoms with Crippen LogP contribution in [0, 0.1) is 6.92 Å². The van der Waals surface area contributed by atoms with Gasteiger partial charge in [-0.25, -0.2) is 8.42 Å². The van der Waals surface area contributed by atoms with Crippen LogP contribution in [0.3, 0.4) is 0 Å². The third-order valence-electron chi connectivity index (χ3n) is 1.70. The highest BCUT2D eigenvalue weighted by molar-refractivity contribution is 8.13. The van der Waals surface area contributed by atoms with E-state index in [1.54, 1.807) is 11.7 Å². The van der Waals surface area contributed by atoms with Crippen molar-refractivity contribution in [2.45, 2.75) is 13.3 Å². The van der Waals surface area contributed by atoms with E-state index < -0.39 is 9.05 Å². The quantitative estimate of drug-likeness (QED) is 0.713. The first-order valence-corrected chi connectivity index (χ1v) is 6.28. The molecule has 0 aliphatic rings. The van der Waals surface area contributed by atoms with Crippen molar-refractivity contribution < 1.29 is 8.42 Å². The van der Waals surface area contributed by atoms with Crippen LogP contribution in [-0.4, -0.2) is 24.0 Å². The number of hydrogen-bond acceptors (Lipinski definition) is 3. The van der Waals surface area contributed by atoms with E-state index in [9.17, 15) is 8.42 Å². The molecule has 0 radical (unpaired) electrons. The van der Waals surface area contributed by atoms with Gasteiger partial charge in [0.2, 0.25) is 9.05 Å². The Labute approximate surface area is 81.9 Å². The Balaban J connectivity index is 2.70. The molecule has 1 aromatic rings. The fraction of sp³-hybridized carbons (Fsp3) is 0.571. The van der Waals surface area contributed by atoms with Crippen molar-refractivity contribution in [3.8, 4) is 0 Å². The van der Waals surface area contributed by atoms with Crippen LogP contribution in [0.4, 0.5) is 0 Å². The molecule has 1 heterocycles. The highest BCUT2D eigenvalue weighted by atomic mass is 35.7. The van der Waals surface area contributed by atoms with Crippen LogP contribution < -0.4 is 0 Å². The van der Waals surface area contributed by atoms with Crippen LogP contribution in [0.1, 0.15) is 11.3 Å². The summed E-state index contributed by atoms with van der Waals surface area (Å²) in [5.41, 5.74) is 1.77. The van der Waals surface area contributed by atoms with Crippen LogP contribution in [0.15, 0.2) is 6.20 Å². The number of halogens is 1. The van der Waals surface area contributed by atoms with Crippen molar-refractivity contribution in [1.82, 2.24) is 9.78 Å². The molecule has 0 bridgehead atoms. The predicted octanol–water partition coefficient (Wildman–Crippen LogP) is 0.840. The van der Waals surface area contributed by atoms with Crippen molar-refractivity contribution >= 4 is 19.7 Å². The van der Waals surface area contributed by atoms with Crippen LogP contribution in [0.5, 0.6) is 0 Å². The molecule has 1 rings (SSSR count). The maximum atomic E-state index is 10.7. The molecule has 0 N–H and O–H groups in total. The molecule has 0 aliphatic carbocycles. The van der Waals surface area contributed by atoms with E-state index in [-0.39, 0.29) is 5.75 Å². The summed E-state index contributed by atoms with van der Waals surface area (Å²) >= 11 is 0. The summed E-state index contributed by atoms with van der Waals surface area (Å²) in [7, 11) is 3.47. The largest absolute Gasteiger partial charge is 0.275 e. The van der Waals surface area contributed by atoms with Crippen molar-refractivity contribution in [2.75, 3.05) is 5.75 Å². The molecule has 0 saturated carbocycles. The molecule has 0 aromatic carbocycles. The second-order valence-corrected chi connectivity index (χ2v) is 5.82. The van der Waals surface area contributed by atoms with Crippen LogP contribution in [0.2, 0.25) is 0 Å². The Morgan fingerprint density at radius 3 is 2.62 bits per heavy atom. The summed E-state index contributed by atoms with van der Waals surface area (Å²) < 4.78 is 23.0. The van der Waals surface area contributed by atoms with Crippen LogP contribution >= 0.6 is 10.7 Å². The average molecular weight is 223 g/mol. The summed E-state index contributed by atoms with van der Waals surface area (Å²) in [5.74, 6) is -0.0631. The molecule has 4 nitrogen and oxygen atoms in total. The zero-order valence-electron chi connectivity index (χ0n) is 7.49. The number of rotatable bonds is 3. The van der Waals surface area contributed by atoms with E-state index >= 15 is 0 Å². The molecule has 0 saturated heterocycles. The fourth-order valence-corrected chi connectivity index (χ4v) is 1.79. The molecule has 0 unspecified atom stereocenters. The van der Waals surface area contributed by atoms with Gasteiger partial charge in [0.05, 0.1) is 11.4 Å². The molecular weight excluding hydrogens is 212 g/mol. The third kappa shape index (κ3) is 3.36. The molecule has 0 spiro atoms. The first-order valence-electron chi connectivity index (χ1n) is 3.80. The summed E-state index contributed by atoms with van der Waals surface area (Å²) in [6, 6.07) is 0. The monoisotopic (exact) mass is 222 g/mol. The maximum absolute atomic E-state index is 10.7. The standard InChI is InChI=1S/C7H11ClN2O2S/c1-6-5-10(2)9-7(6)3-4-13(8,11)12/h5H,3-4H2,1-2H3. The van der Waals surface area contributed by atoms with Gasteiger partial charge in [-0.3, -0.25) is 4.68 Å². The average Bonchev–Trinajstić information content (AvgIpc) is 2.24. The van der Waals surface area contributed by atoms with E-state index in [2.05, 4.69) is 5.10 Å². The lowest BCUT2D eigenvalue weighted by molar-refractivity contribution is 0.608.